The van der Waals surface area contributed by atoms with E-state index in [1.165, 1.54) is 71.2 Å². The summed E-state index contributed by atoms with van der Waals surface area (Å²) >= 11 is 0. The van der Waals surface area contributed by atoms with E-state index >= 15 is 0 Å². The van der Waals surface area contributed by atoms with Crippen LogP contribution in [-0.4, -0.2) is 62.7 Å². The van der Waals surface area contributed by atoms with Crippen LogP contribution in [0.1, 0.15) is 52.4 Å². The first-order chi connectivity index (χ1) is 9.58. The van der Waals surface area contributed by atoms with Crippen LogP contribution in [0.3, 0.4) is 0 Å². The fourth-order valence-electron chi connectivity index (χ4n) is 2.56. The largest absolute Gasteiger partial charge is 0.314 e. The minimum absolute atomic E-state index is 0.778. The van der Waals surface area contributed by atoms with Gasteiger partial charge in [-0.25, -0.2) is 0 Å². The van der Waals surface area contributed by atoms with Crippen molar-refractivity contribution in [2.75, 3.05) is 46.8 Å². The van der Waals surface area contributed by atoms with E-state index < -0.39 is 0 Å². The van der Waals surface area contributed by atoms with E-state index in [4.69, 9.17) is 0 Å². The van der Waals surface area contributed by atoms with Crippen molar-refractivity contribution in [3.05, 3.63) is 0 Å². The van der Waals surface area contributed by atoms with Gasteiger partial charge >= 0.3 is 0 Å². The summed E-state index contributed by atoms with van der Waals surface area (Å²) in [6.45, 7) is 10.8. The molecule has 3 heteroatoms. The Labute approximate surface area is 127 Å². The Hall–Kier alpha value is -0.120. The highest BCUT2D eigenvalue weighted by Gasteiger charge is 2.19. The maximum absolute atomic E-state index is 3.60. The Kier molecular flexibility index (Phi) is 9.49. The number of nitrogens with one attached hydrogen (secondary N) is 1. The maximum Gasteiger partial charge on any atom is 0.0109 e. The van der Waals surface area contributed by atoms with Crippen LogP contribution in [0.15, 0.2) is 0 Å². The monoisotopic (exact) mass is 283 g/mol. The zero-order valence-electron chi connectivity index (χ0n) is 14.3. The molecule has 0 aliphatic heterocycles. The first kappa shape index (κ1) is 17.9. The molecular weight excluding hydrogens is 246 g/mol. The Morgan fingerprint density at radius 1 is 0.950 bits per heavy atom. The van der Waals surface area contributed by atoms with Crippen molar-refractivity contribution in [1.29, 1.82) is 0 Å². The fraction of sp³-hybridized carbons (Fsp3) is 1.00. The highest BCUT2D eigenvalue weighted by atomic mass is 15.2. The van der Waals surface area contributed by atoms with E-state index in [1.807, 2.05) is 0 Å². The van der Waals surface area contributed by atoms with Gasteiger partial charge in [0.15, 0.2) is 0 Å². The molecule has 0 bridgehead atoms. The van der Waals surface area contributed by atoms with E-state index in [0.717, 1.165) is 12.0 Å². The molecule has 0 aromatic rings. The molecule has 0 aromatic carbocycles. The van der Waals surface area contributed by atoms with Gasteiger partial charge < -0.3 is 15.1 Å². The molecule has 0 atom stereocenters. The summed E-state index contributed by atoms with van der Waals surface area (Å²) in [5.74, 6) is 0.778. The molecule has 1 aliphatic rings. The Morgan fingerprint density at radius 3 is 2.25 bits per heavy atom. The normalized spacial score (nSPS) is 15.8. The van der Waals surface area contributed by atoms with Crippen molar-refractivity contribution in [1.82, 2.24) is 15.1 Å². The van der Waals surface area contributed by atoms with E-state index in [-0.39, 0.29) is 0 Å². The molecule has 0 amide bonds. The summed E-state index contributed by atoms with van der Waals surface area (Å²) < 4.78 is 0. The molecule has 0 saturated heterocycles. The Bertz CT molecular complexity index is 224. The van der Waals surface area contributed by atoms with Crippen LogP contribution in [0.25, 0.3) is 0 Å². The van der Waals surface area contributed by atoms with Gasteiger partial charge in [-0.2, -0.15) is 0 Å². The van der Waals surface area contributed by atoms with Crippen LogP contribution in [0.4, 0.5) is 0 Å². The first-order valence-corrected chi connectivity index (χ1v) is 8.68. The van der Waals surface area contributed by atoms with Crippen LogP contribution < -0.4 is 5.32 Å². The summed E-state index contributed by atoms with van der Waals surface area (Å²) in [6, 6.07) is 0.877. The van der Waals surface area contributed by atoms with Crippen LogP contribution in [-0.2, 0) is 0 Å². The molecule has 3 nitrogen and oxygen atoms in total. The van der Waals surface area contributed by atoms with Crippen molar-refractivity contribution in [3.8, 4) is 0 Å². The molecule has 1 saturated carbocycles. The van der Waals surface area contributed by atoms with Gasteiger partial charge in [0.1, 0.15) is 0 Å². The molecule has 0 spiro atoms. The van der Waals surface area contributed by atoms with Gasteiger partial charge in [0.25, 0.3) is 0 Å². The summed E-state index contributed by atoms with van der Waals surface area (Å²) in [6.07, 6.45) is 8.33. The number of hydrogen-bond acceptors (Lipinski definition) is 3. The third kappa shape index (κ3) is 10.6. The molecule has 20 heavy (non-hydrogen) atoms. The molecule has 0 aromatic heterocycles. The lowest BCUT2D eigenvalue weighted by molar-refractivity contribution is 0.215. The quantitative estimate of drug-likeness (QED) is 0.524. The number of nitrogens with zero attached hydrogens (tertiary/aromatic N) is 2. The Morgan fingerprint density at radius 2 is 1.65 bits per heavy atom. The molecule has 1 rings (SSSR count). The van der Waals surface area contributed by atoms with Gasteiger partial charge in [0.2, 0.25) is 0 Å². The third-order valence-corrected chi connectivity index (χ3v) is 3.90. The highest BCUT2D eigenvalue weighted by Crippen LogP contribution is 2.18. The van der Waals surface area contributed by atoms with E-state index in [1.54, 1.807) is 0 Å². The topological polar surface area (TPSA) is 18.5 Å². The molecule has 0 radical (unpaired) electrons. The number of rotatable bonds is 13. The van der Waals surface area contributed by atoms with Crippen molar-refractivity contribution in [3.63, 3.8) is 0 Å². The van der Waals surface area contributed by atoms with Crippen LogP contribution in [0.5, 0.6) is 0 Å². The smallest absolute Gasteiger partial charge is 0.0109 e. The van der Waals surface area contributed by atoms with Crippen molar-refractivity contribution >= 4 is 0 Å². The molecule has 0 unspecified atom stereocenters. The van der Waals surface area contributed by atoms with Crippen LogP contribution in [0, 0.1) is 5.92 Å². The highest BCUT2D eigenvalue weighted by molar-refractivity contribution is 4.80. The lowest BCUT2D eigenvalue weighted by Gasteiger charge is -2.25. The van der Waals surface area contributed by atoms with Crippen LogP contribution >= 0.6 is 0 Å². The lowest BCUT2D eigenvalue weighted by Crippen LogP contribution is -2.35. The molecular formula is C17H37N3. The summed E-state index contributed by atoms with van der Waals surface area (Å²) in [5, 5.41) is 3.60. The second kappa shape index (κ2) is 10.6. The van der Waals surface area contributed by atoms with E-state index in [2.05, 4.69) is 43.1 Å². The van der Waals surface area contributed by atoms with Crippen molar-refractivity contribution < 1.29 is 0 Å². The van der Waals surface area contributed by atoms with Gasteiger partial charge in [0, 0.05) is 25.7 Å². The van der Waals surface area contributed by atoms with Gasteiger partial charge in [-0.1, -0.05) is 26.7 Å². The SMILES string of the molecule is CC(C)CN(CCCCCCNC1CC1)CCN(C)C. The molecule has 0 heterocycles. The number of unbranched alkanes of at least 4 members (excludes halogenated alkanes) is 3. The average molecular weight is 284 g/mol. The molecule has 1 N–H and O–H groups in total. The minimum atomic E-state index is 0.778. The maximum atomic E-state index is 3.60. The summed E-state index contributed by atoms with van der Waals surface area (Å²) in [7, 11) is 4.33. The van der Waals surface area contributed by atoms with Gasteiger partial charge in [-0.15, -0.1) is 0 Å². The first-order valence-electron chi connectivity index (χ1n) is 8.68. The molecule has 1 fully saturated rings. The standard InChI is InChI=1S/C17H37N3/c1-16(2)15-20(14-13-19(3)4)12-8-6-5-7-11-18-17-9-10-17/h16-18H,5-15H2,1-4H3. The zero-order chi connectivity index (χ0) is 14.8. The fourth-order valence-corrected chi connectivity index (χ4v) is 2.56. The Balaban J connectivity index is 1.97. The predicted octanol–water partition coefficient (Wildman–Crippen LogP) is 2.82. The van der Waals surface area contributed by atoms with E-state index in [9.17, 15) is 0 Å². The number of likely N-dealkylation sites (N-methyl/N-ethyl adjacent to an activating group) is 1. The predicted molar refractivity (Wildman–Crippen MR) is 89.3 cm³/mol. The number of hydrogen-bond donors (Lipinski definition) is 1. The summed E-state index contributed by atoms with van der Waals surface area (Å²) in [4.78, 5) is 4.93. The second-order valence-electron chi connectivity index (χ2n) is 7.14. The molecule has 1 aliphatic carbocycles. The van der Waals surface area contributed by atoms with Gasteiger partial charge in [-0.3, -0.25) is 0 Å². The van der Waals surface area contributed by atoms with Gasteiger partial charge in [0.05, 0.1) is 0 Å². The van der Waals surface area contributed by atoms with E-state index in [0.29, 0.717) is 0 Å². The lowest BCUT2D eigenvalue weighted by atomic mass is 10.1. The van der Waals surface area contributed by atoms with Crippen molar-refractivity contribution in [2.24, 2.45) is 5.92 Å². The zero-order valence-corrected chi connectivity index (χ0v) is 14.3. The summed E-state index contributed by atoms with van der Waals surface area (Å²) in [5.41, 5.74) is 0. The third-order valence-electron chi connectivity index (χ3n) is 3.90. The second-order valence-corrected chi connectivity index (χ2v) is 7.14. The van der Waals surface area contributed by atoms with Gasteiger partial charge in [-0.05, 0) is 58.8 Å². The average Bonchev–Trinajstić information content (AvgIpc) is 3.17. The van der Waals surface area contributed by atoms with Crippen molar-refractivity contribution in [2.45, 2.75) is 58.4 Å². The van der Waals surface area contributed by atoms with Crippen LogP contribution in [0.2, 0.25) is 0 Å². The minimum Gasteiger partial charge on any atom is -0.314 e. The molecule has 120 valence electrons.